The highest BCUT2D eigenvalue weighted by Gasteiger charge is 2.16. The Morgan fingerprint density at radius 2 is 2.08 bits per heavy atom. The normalized spacial score (nSPS) is 10.9. The molecule has 0 saturated carbocycles. The summed E-state index contributed by atoms with van der Waals surface area (Å²) in [7, 11) is 0. The topological polar surface area (TPSA) is 102 Å². The lowest BCUT2D eigenvalue weighted by atomic mass is 10.2. The summed E-state index contributed by atoms with van der Waals surface area (Å²) in [5.41, 5.74) is 1.59. The molecule has 0 spiro atoms. The zero-order valence-corrected chi connectivity index (χ0v) is 12.8. The molecular formula is C16H11FN6O2. The quantitative estimate of drug-likeness (QED) is 0.609. The Morgan fingerprint density at radius 3 is 2.84 bits per heavy atom. The number of aromatic amines is 1. The smallest absolute Gasteiger partial charge is 0.269 e. The second kappa shape index (κ2) is 6.11. The monoisotopic (exact) mass is 338 g/mol. The average Bonchev–Trinajstić information content (AvgIpc) is 3.26. The van der Waals surface area contributed by atoms with Crippen molar-refractivity contribution in [3.63, 3.8) is 0 Å². The highest BCUT2D eigenvalue weighted by molar-refractivity contribution is 5.62. The van der Waals surface area contributed by atoms with Crippen molar-refractivity contribution in [3.05, 3.63) is 70.6 Å². The molecule has 4 rings (SSSR count). The first kappa shape index (κ1) is 14.9. The lowest BCUT2D eigenvalue weighted by Crippen LogP contribution is -2.09. The molecule has 0 saturated heterocycles. The molecule has 0 amide bonds. The predicted molar refractivity (Wildman–Crippen MR) is 84.9 cm³/mol. The van der Waals surface area contributed by atoms with Crippen LogP contribution in [-0.4, -0.2) is 30.1 Å². The molecule has 0 aliphatic heterocycles. The minimum atomic E-state index is -0.392. The van der Waals surface area contributed by atoms with Crippen molar-refractivity contribution in [2.45, 2.75) is 6.54 Å². The van der Waals surface area contributed by atoms with Crippen LogP contribution < -0.4 is 5.56 Å². The van der Waals surface area contributed by atoms with E-state index in [0.717, 1.165) is 6.20 Å². The third-order valence-electron chi connectivity index (χ3n) is 3.58. The van der Waals surface area contributed by atoms with Gasteiger partial charge in [-0.3, -0.25) is 9.48 Å². The Labute approximate surface area is 139 Å². The van der Waals surface area contributed by atoms with Crippen LogP contribution in [-0.2, 0) is 6.54 Å². The zero-order chi connectivity index (χ0) is 17.2. The molecule has 3 aromatic heterocycles. The molecular weight excluding hydrogens is 327 g/mol. The van der Waals surface area contributed by atoms with Gasteiger partial charge in [0.15, 0.2) is 5.82 Å². The number of hydrogen-bond donors (Lipinski definition) is 1. The summed E-state index contributed by atoms with van der Waals surface area (Å²) in [6.45, 7) is 0.180. The minimum Gasteiger partial charge on any atom is -0.364 e. The summed E-state index contributed by atoms with van der Waals surface area (Å²) in [6.07, 6.45) is 2.50. The number of nitrogens with one attached hydrogen (secondary N) is 1. The lowest BCUT2D eigenvalue weighted by Gasteiger charge is -2.06. The number of benzene rings is 1. The van der Waals surface area contributed by atoms with Crippen molar-refractivity contribution >= 4 is 0 Å². The summed E-state index contributed by atoms with van der Waals surface area (Å²) in [6, 6.07) is 9.77. The molecule has 1 aromatic carbocycles. The number of hydrogen-bond acceptors (Lipinski definition) is 6. The SMILES string of the molecule is O=c1cnnc(-c2cc(-c3ccon3)n(Cc3ccccc3F)n2)[nH]1. The number of halogens is 1. The summed E-state index contributed by atoms with van der Waals surface area (Å²) >= 11 is 0. The van der Waals surface area contributed by atoms with Gasteiger partial charge in [-0.15, -0.1) is 5.10 Å². The average molecular weight is 338 g/mol. The van der Waals surface area contributed by atoms with Crippen molar-refractivity contribution in [2.75, 3.05) is 0 Å². The maximum atomic E-state index is 14.0. The molecule has 124 valence electrons. The second-order valence-corrected chi connectivity index (χ2v) is 5.23. The lowest BCUT2D eigenvalue weighted by molar-refractivity contribution is 0.421. The van der Waals surface area contributed by atoms with Gasteiger partial charge in [0.05, 0.1) is 12.2 Å². The van der Waals surface area contributed by atoms with Crippen LogP contribution in [0.5, 0.6) is 0 Å². The van der Waals surface area contributed by atoms with E-state index in [9.17, 15) is 9.18 Å². The summed E-state index contributed by atoms with van der Waals surface area (Å²) < 4.78 is 20.4. The molecule has 25 heavy (non-hydrogen) atoms. The van der Waals surface area contributed by atoms with Gasteiger partial charge in [-0.25, -0.2) is 4.39 Å². The Hall–Kier alpha value is -3.62. The van der Waals surface area contributed by atoms with Crippen LogP contribution in [0.4, 0.5) is 4.39 Å². The van der Waals surface area contributed by atoms with Crippen LogP contribution in [0.15, 0.2) is 58.2 Å². The number of H-pyrrole nitrogens is 1. The standard InChI is InChI=1S/C16H11FN6O2/c17-11-4-2-1-3-10(11)9-23-14(12-5-6-25-22-12)7-13(21-23)16-19-15(24)8-18-20-16/h1-8H,9H2,(H,19,20,24). The van der Waals surface area contributed by atoms with Gasteiger partial charge in [0.1, 0.15) is 29.7 Å². The van der Waals surface area contributed by atoms with Gasteiger partial charge in [0, 0.05) is 11.6 Å². The Morgan fingerprint density at radius 1 is 1.20 bits per heavy atom. The molecule has 0 aliphatic carbocycles. The van der Waals surface area contributed by atoms with Crippen molar-refractivity contribution in [3.8, 4) is 22.9 Å². The first-order valence-electron chi connectivity index (χ1n) is 7.35. The van der Waals surface area contributed by atoms with Gasteiger partial charge >= 0.3 is 0 Å². The molecule has 0 atom stereocenters. The first-order chi connectivity index (χ1) is 12.2. The molecule has 1 N–H and O–H groups in total. The second-order valence-electron chi connectivity index (χ2n) is 5.23. The van der Waals surface area contributed by atoms with Gasteiger partial charge in [0.2, 0.25) is 0 Å². The van der Waals surface area contributed by atoms with Crippen LogP contribution in [0.25, 0.3) is 22.9 Å². The number of rotatable bonds is 4. The fraction of sp³-hybridized carbons (Fsp3) is 0.0625. The summed E-state index contributed by atoms with van der Waals surface area (Å²) in [5.74, 6) is -0.122. The van der Waals surface area contributed by atoms with E-state index in [4.69, 9.17) is 4.52 Å². The van der Waals surface area contributed by atoms with Crippen molar-refractivity contribution in [1.82, 2.24) is 30.1 Å². The molecule has 0 aliphatic rings. The molecule has 3 heterocycles. The van der Waals surface area contributed by atoms with Crippen molar-refractivity contribution in [1.29, 1.82) is 0 Å². The fourth-order valence-electron chi connectivity index (χ4n) is 2.42. The van der Waals surface area contributed by atoms with Crippen molar-refractivity contribution in [2.24, 2.45) is 0 Å². The van der Waals surface area contributed by atoms with E-state index in [1.165, 1.54) is 12.3 Å². The van der Waals surface area contributed by atoms with Crippen LogP contribution >= 0.6 is 0 Å². The molecule has 0 bridgehead atoms. The third kappa shape index (κ3) is 2.94. The van der Waals surface area contributed by atoms with E-state index in [0.29, 0.717) is 22.6 Å². The van der Waals surface area contributed by atoms with E-state index in [2.05, 4.69) is 25.4 Å². The highest BCUT2D eigenvalue weighted by atomic mass is 19.1. The van der Waals surface area contributed by atoms with Gasteiger partial charge in [-0.2, -0.15) is 10.2 Å². The minimum absolute atomic E-state index is 0.180. The molecule has 0 fully saturated rings. The Kier molecular flexibility index (Phi) is 3.65. The van der Waals surface area contributed by atoms with Crippen LogP contribution in [0, 0.1) is 5.82 Å². The van der Waals surface area contributed by atoms with Crippen molar-refractivity contribution < 1.29 is 8.91 Å². The van der Waals surface area contributed by atoms with Crippen LogP contribution in [0.3, 0.4) is 0 Å². The maximum Gasteiger partial charge on any atom is 0.269 e. The number of aromatic nitrogens is 6. The summed E-state index contributed by atoms with van der Waals surface area (Å²) in [5, 5.41) is 15.8. The van der Waals surface area contributed by atoms with Crippen LogP contribution in [0.2, 0.25) is 0 Å². The highest BCUT2D eigenvalue weighted by Crippen LogP contribution is 2.24. The number of nitrogens with zero attached hydrogens (tertiary/aromatic N) is 5. The molecule has 0 radical (unpaired) electrons. The van der Waals surface area contributed by atoms with E-state index in [1.54, 1.807) is 35.0 Å². The Bertz CT molecular complexity index is 1070. The van der Waals surface area contributed by atoms with E-state index < -0.39 is 5.56 Å². The largest absolute Gasteiger partial charge is 0.364 e. The van der Waals surface area contributed by atoms with E-state index >= 15 is 0 Å². The van der Waals surface area contributed by atoms with Crippen LogP contribution in [0.1, 0.15) is 5.56 Å². The van der Waals surface area contributed by atoms with Gasteiger partial charge in [-0.1, -0.05) is 23.4 Å². The Balaban J connectivity index is 1.82. The molecule has 0 unspecified atom stereocenters. The molecule has 4 aromatic rings. The van der Waals surface area contributed by atoms with Gasteiger partial charge in [0.25, 0.3) is 5.56 Å². The fourth-order valence-corrected chi connectivity index (χ4v) is 2.42. The van der Waals surface area contributed by atoms with Gasteiger partial charge in [-0.05, 0) is 12.1 Å². The summed E-state index contributed by atoms with van der Waals surface area (Å²) in [4.78, 5) is 14.0. The van der Waals surface area contributed by atoms with E-state index in [1.807, 2.05) is 0 Å². The van der Waals surface area contributed by atoms with Gasteiger partial charge < -0.3 is 9.51 Å². The maximum absolute atomic E-state index is 14.0. The molecule has 9 heteroatoms. The molecule has 8 nitrogen and oxygen atoms in total. The third-order valence-corrected chi connectivity index (χ3v) is 3.58. The van der Waals surface area contributed by atoms with E-state index in [-0.39, 0.29) is 18.2 Å². The zero-order valence-electron chi connectivity index (χ0n) is 12.8. The first-order valence-corrected chi connectivity index (χ1v) is 7.35. The predicted octanol–water partition coefficient (Wildman–Crippen LogP) is 1.87.